The van der Waals surface area contributed by atoms with E-state index in [1.54, 1.807) is 7.11 Å². The molecule has 5 nitrogen and oxygen atoms in total. The molecule has 1 aromatic rings. The molecule has 1 aromatic heterocycles. The maximum Gasteiger partial charge on any atom is 0.122 e. The Kier molecular flexibility index (Phi) is 5.90. The van der Waals surface area contributed by atoms with Crippen LogP contribution in [0.5, 0.6) is 5.75 Å². The van der Waals surface area contributed by atoms with Gasteiger partial charge in [-0.05, 0) is 6.92 Å². The van der Waals surface area contributed by atoms with E-state index in [9.17, 15) is 0 Å². The second kappa shape index (κ2) is 7.21. The molecule has 0 bridgehead atoms. The van der Waals surface area contributed by atoms with Crippen molar-refractivity contribution in [3.05, 3.63) is 23.5 Å². The summed E-state index contributed by atoms with van der Waals surface area (Å²) in [4.78, 5) is 6.68. The van der Waals surface area contributed by atoms with Gasteiger partial charge in [-0.1, -0.05) is 0 Å². The van der Waals surface area contributed by atoms with Crippen molar-refractivity contribution in [2.75, 3.05) is 33.3 Å². The zero-order valence-corrected chi connectivity index (χ0v) is 10.6. The normalized spacial score (nSPS) is 10.9. The SMILES string of the molecule is COc1cc(C)nc(CN(CCN)CCN)c1. The number of methoxy groups -OCH3 is 1. The van der Waals surface area contributed by atoms with Gasteiger partial charge in [0.15, 0.2) is 0 Å². The third kappa shape index (κ3) is 4.68. The molecule has 0 saturated heterocycles. The molecular formula is C12H22N4O. The molecular weight excluding hydrogens is 216 g/mol. The van der Waals surface area contributed by atoms with Crippen LogP contribution in [0.1, 0.15) is 11.4 Å². The number of ether oxygens (including phenoxy) is 1. The van der Waals surface area contributed by atoms with Crippen molar-refractivity contribution in [1.29, 1.82) is 0 Å². The number of rotatable bonds is 7. The van der Waals surface area contributed by atoms with E-state index < -0.39 is 0 Å². The van der Waals surface area contributed by atoms with E-state index in [1.807, 2.05) is 19.1 Å². The Morgan fingerprint density at radius 1 is 1.24 bits per heavy atom. The highest BCUT2D eigenvalue weighted by Crippen LogP contribution is 2.14. The maximum absolute atomic E-state index is 5.57. The average molecular weight is 238 g/mol. The smallest absolute Gasteiger partial charge is 0.122 e. The van der Waals surface area contributed by atoms with E-state index in [-0.39, 0.29) is 0 Å². The van der Waals surface area contributed by atoms with Gasteiger partial charge in [-0.25, -0.2) is 0 Å². The van der Waals surface area contributed by atoms with Crippen molar-refractivity contribution in [2.24, 2.45) is 11.5 Å². The van der Waals surface area contributed by atoms with Crippen molar-refractivity contribution in [2.45, 2.75) is 13.5 Å². The van der Waals surface area contributed by atoms with E-state index in [4.69, 9.17) is 16.2 Å². The Bertz CT molecular complexity index is 337. The Morgan fingerprint density at radius 2 is 1.88 bits per heavy atom. The molecule has 0 radical (unpaired) electrons. The predicted molar refractivity (Wildman–Crippen MR) is 68.9 cm³/mol. The standard InChI is InChI=1S/C12H22N4O/c1-10-7-12(17-2)8-11(15-10)9-16(5-3-13)6-4-14/h7-8H,3-6,9,13-14H2,1-2H3. The van der Waals surface area contributed by atoms with Crippen molar-refractivity contribution in [3.8, 4) is 5.75 Å². The van der Waals surface area contributed by atoms with Gasteiger partial charge in [0, 0.05) is 50.6 Å². The second-order valence-electron chi connectivity index (χ2n) is 3.99. The zero-order chi connectivity index (χ0) is 12.7. The summed E-state index contributed by atoms with van der Waals surface area (Å²) in [6.07, 6.45) is 0. The number of nitrogens with zero attached hydrogens (tertiary/aromatic N) is 2. The van der Waals surface area contributed by atoms with Gasteiger partial charge < -0.3 is 16.2 Å². The van der Waals surface area contributed by atoms with Crippen LogP contribution in [0.4, 0.5) is 0 Å². The topological polar surface area (TPSA) is 77.4 Å². The molecule has 4 N–H and O–H groups in total. The van der Waals surface area contributed by atoms with Crippen LogP contribution in [0.25, 0.3) is 0 Å². The highest BCUT2D eigenvalue weighted by atomic mass is 16.5. The van der Waals surface area contributed by atoms with Crippen LogP contribution in [0.2, 0.25) is 0 Å². The minimum atomic E-state index is 0.628. The lowest BCUT2D eigenvalue weighted by Gasteiger charge is -2.20. The monoisotopic (exact) mass is 238 g/mol. The van der Waals surface area contributed by atoms with E-state index in [0.717, 1.165) is 36.8 Å². The summed E-state index contributed by atoms with van der Waals surface area (Å²) in [7, 11) is 1.66. The number of nitrogens with two attached hydrogens (primary N) is 2. The first-order valence-corrected chi connectivity index (χ1v) is 5.83. The molecule has 0 amide bonds. The Balaban J connectivity index is 2.73. The molecule has 0 aliphatic rings. The fourth-order valence-electron chi connectivity index (χ4n) is 1.77. The fraction of sp³-hybridized carbons (Fsp3) is 0.583. The Hall–Kier alpha value is -1.17. The third-order valence-corrected chi connectivity index (χ3v) is 2.49. The molecule has 1 rings (SSSR count). The number of aromatic nitrogens is 1. The average Bonchev–Trinajstić information content (AvgIpc) is 2.29. The third-order valence-electron chi connectivity index (χ3n) is 2.49. The first-order chi connectivity index (χ1) is 8.19. The van der Waals surface area contributed by atoms with Crippen LogP contribution in [-0.2, 0) is 6.54 Å². The number of aryl methyl sites for hydroxylation is 1. The lowest BCUT2D eigenvalue weighted by Crippen LogP contribution is -2.33. The molecule has 0 aliphatic carbocycles. The Labute approximate surface area is 103 Å². The van der Waals surface area contributed by atoms with Crippen LogP contribution < -0.4 is 16.2 Å². The second-order valence-corrected chi connectivity index (χ2v) is 3.99. The van der Waals surface area contributed by atoms with Crippen LogP contribution in [-0.4, -0.2) is 43.2 Å². The molecule has 17 heavy (non-hydrogen) atoms. The summed E-state index contributed by atoms with van der Waals surface area (Å²) in [5.74, 6) is 0.841. The summed E-state index contributed by atoms with van der Waals surface area (Å²) < 4.78 is 5.23. The highest BCUT2D eigenvalue weighted by molar-refractivity contribution is 5.26. The molecule has 0 unspecified atom stereocenters. The molecule has 96 valence electrons. The van der Waals surface area contributed by atoms with Crippen LogP contribution >= 0.6 is 0 Å². The minimum absolute atomic E-state index is 0.628. The van der Waals surface area contributed by atoms with Gasteiger partial charge in [-0.15, -0.1) is 0 Å². The van der Waals surface area contributed by atoms with Gasteiger partial charge in [0.25, 0.3) is 0 Å². The molecule has 0 fully saturated rings. The number of hydrogen-bond acceptors (Lipinski definition) is 5. The van der Waals surface area contributed by atoms with Gasteiger partial charge in [0.2, 0.25) is 0 Å². The van der Waals surface area contributed by atoms with Crippen LogP contribution in [0.3, 0.4) is 0 Å². The predicted octanol–water partition coefficient (Wildman–Crippen LogP) is 0.118. The first kappa shape index (κ1) is 13.9. The largest absolute Gasteiger partial charge is 0.497 e. The molecule has 0 aromatic carbocycles. The van der Waals surface area contributed by atoms with E-state index in [0.29, 0.717) is 13.1 Å². The lowest BCUT2D eigenvalue weighted by atomic mass is 10.2. The van der Waals surface area contributed by atoms with Crippen LogP contribution in [0, 0.1) is 6.92 Å². The summed E-state index contributed by atoms with van der Waals surface area (Å²) in [5, 5.41) is 0. The Morgan fingerprint density at radius 3 is 2.41 bits per heavy atom. The maximum atomic E-state index is 5.57. The van der Waals surface area contributed by atoms with Gasteiger partial charge >= 0.3 is 0 Å². The molecule has 0 saturated carbocycles. The molecule has 0 spiro atoms. The quantitative estimate of drug-likeness (QED) is 0.705. The fourth-order valence-corrected chi connectivity index (χ4v) is 1.77. The van der Waals surface area contributed by atoms with Crippen molar-refractivity contribution < 1.29 is 4.74 Å². The molecule has 0 aliphatic heterocycles. The van der Waals surface area contributed by atoms with Gasteiger partial charge in [-0.2, -0.15) is 0 Å². The van der Waals surface area contributed by atoms with Crippen LogP contribution in [0.15, 0.2) is 12.1 Å². The van der Waals surface area contributed by atoms with Gasteiger partial charge in [0.05, 0.1) is 12.8 Å². The van der Waals surface area contributed by atoms with E-state index in [1.165, 1.54) is 0 Å². The van der Waals surface area contributed by atoms with Gasteiger partial charge in [0.1, 0.15) is 5.75 Å². The number of pyridine rings is 1. The van der Waals surface area contributed by atoms with Crippen molar-refractivity contribution in [3.63, 3.8) is 0 Å². The molecule has 1 heterocycles. The molecule has 0 atom stereocenters. The van der Waals surface area contributed by atoms with E-state index >= 15 is 0 Å². The zero-order valence-electron chi connectivity index (χ0n) is 10.6. The van der Waals surface area contributed by atoms with E-state index in [2.05, 4.69) is 9.88 Å². The minimum Gasteiger partial charge on any atom is -0.497 e. The summed E-state index contributed by atoms with van der Waals surface area (Å²) in [5.41, 5.74) is 13.1. The first-order valence-electron chi connectivity index (χ1n) is 5.83. The summed E-state index contributed by atoms with van der Waals surface area (Å²) in [6, 6.07) is 3.87. The van der Waals surface area contributed by atoms with Crippen molar-refractivity contribution >= 4 is 0 Å². The van der Waals surface area contributed by atoms with Crippen molar-refractivity contribution in [1.82, 2.24) is 9.88 Å². The van der Waals surface area contributed by atoms with Gasteiger partial charge in [-0.3, -0.25) is 9.88 Å². The summed E-state index contributed by atoms with van der Waals surface area (Å²) >= 11 is 0. The summed E-state index contributed by atoms with van der Waals surface area (Å²) in [6.45, 7) is 5.63. The lowest BCUT2D eigenvalue weighted by molar-refractivity contribution is 0.277. The number of hydrogen-bond donors (Lipinski definition) is 2. The molecule has 5 heteroatoms. The highest BCUT2D eigenvalue weighted by Gasteiger charge is 2.07.